The van der Waals surface area contributed by atoms with Gasteiger partial charge in [-0.05, 0) is 48.9 Å². The Hall–Kier alpha value is -0.580. The van der Waals surface area contributed by atoms with E-state index in [-0.39, 0.29) is 23.5 Å². The summed E-state index contributed by atoms with van der Waals surface area (Å²) in [5.41, 5.74) is 9.31. The van der Waals surface area contributed by atoms with Gasteiger partial charge in [-0.25, -0.2) is 8.42 Å². The molecule has 1 aromatic rings. The van der Waals surface area contributed by atoms with Crippen LogP contribution < -0.4 is 5.73 Å². The predicted molar refractivity (Wildman–Crippen MR) is 74.6 cm³/mol. The molecule has 0 aliphatic carbocycles. The summed E-state index contributed by atoms with van der Waals surface area (Å²) in [5.74, 6) is 0.403. The van der Waals surface area contributed by atoms with Crippen LogP contribution in [-0.4, -0.2) is 19.9 Å². The van der Waals surface area contributed by atoms with Gasteiger partial charge in [0.05, 0.1) is 11.5 Å². The average Bonchev–Trinajstić information content (AvgIpc) is 2.63. The van der Waals surface area contributed by atoms with Crippen molar-refractivity contribution >= 4 is 21.4 Å². The monoisotopic (exact) mass is 287 g/mol. The van der Waals surface area contributed by atoms with Crippen molar-refractivity contribution in [2.24, 2.45) is 11.7 Å². The maximum atomic E-state index is 11.5. The van der Waals surface area contributed by atoms with Crippen molar-refractivity contribution in [1.82, 2.24) is 0 Å². The number of nitrogens with two attached hydrogens (primary N) is 1. The lowest BCUT2D eigenvalue weighted by Gasteiger charge is -2.20. The van der Waals surface area contributed by atoms with E-state index in [0.29, 0.717) is 11.4 Å². The van der Waals surface area contributed by atoms with Gasteiger partial charge in [-0.3, -0.25) is 0 Å². The molecule has 1 fully saturated rings. The summed E-state index contributed by atoms with van der Waals surface area (Å²) in [5, 5.41) is 0.634. The van der Waals surface area contributed by atoms with Crippen LogP contribution in [-0.2, 0) is 9.84 Å². The van der Waals surface area contributed by atoms with E-state index >= 15 is 0 Å². The van der Waals surface area contributed by atoms with E-state index in [1.807, 2.05) is 26.0 Å². The van der Waals surface area contributed by atoms with Crippen LogP contribution in [0.25, 0.3) is 0 Å². The summed E-state index contributed by atoms with van der Waals surface area (Å²) < 4.78 is 23.0. The first-order valence-electron chi connectivity index (χ1n) is 6.03. The molecule has 1 aliphatic rings. The molecule has 5 heteroatoms. The molecule has 0 aromatic heterocycles. The highest BCUT2D eigenvalue weighted by molar-refractivity contribution is 7.91. The molecule has 2 rings (SSSR count). The van der Waals surface area contributed by atoms with Gasteiger partial charge in [0.1, 0.15) is 0 Å². The fourth-order valence-electron chi connectivity index (χ4n) is 2.42. The molecule has 1 aliphatic heterocycles. The second kappa shape index (κ2) is 4.83. The van der Waals surface area contributed by atoms with Gasteiger partial charge in [0, 0.05) is 11.1 Å². The van der Waals surface area contributed by atoms with Crippen LogP contribution in [0.3, 0.4) is 0 Å². The lowest BCUT2D eigenvalue weighted by molar-refractivity contribution is 0.480. The van der Waals surface area contributed by atoms with E-state index < -0.39 is 9.84 Å². The number of sulfone groups is 1. The summed E-state index contributed by atoms with van der Waals surface area (Å²) in [6.07, 6.45) is 0.632. The summed E-state index contributed by atoms with van der Waals surface area (Å²) in [6, 6.07) is 3.58. The first-order chi connectivity index (χ1) is 8.30. The lowest BCUT2D eigenvalue weighted by atomic mass is 9.91. The van der Waals surface area contributed by atoms with Crippen molar-refractivity contribution in [1.29, 1.82) is 0 Å². The van der Waals surface area contributed by atoms with Gasteiger partial charge in [-0.15, -0.1) is 0 Å². The fraction of sp³-hybridized carbons (Fsp3) is 0.538. The van der Waals surface area contributed by atoms with Gasteiger partial charge in [0.15, 0.2) is 9.84 Å². The number of benzene rings is 1. The Labute approximate surface area is 113 Å². The van der Waals surface area contributed by atoms with Crippen molar-refractivity contribution in [2.45, 2.75) is 26.3 Å². The molecule has 1 aromatic carbocycles. The third-order valence-corrected chi connectivity index (χ3v) is 5.87. The lowest BCUT2D eigenvalue weighted by Crippen LogP contribution is -2.23. The van der Waals surface area contributed by atoms with Crippen molar-refractivity contribution in [3.63, 3.8) is 0 Å². The highest BCUT2D eigenvalue weighted by Gasteiger charge is 2.33. The minimum absolute atomic E-state index is 0.0189. The molecule has 3 nitrogen and oxygen atoms in total. The van der Waals surface area contributed by atoms with E-state index in [2.05, 4.69) is 0 Å². The second-order valence-corrected chi connectivity index (χ2v) is 7.78. The Balaban J connectivity index is 2.30. The first kappa shape index (κ1) is 13.8. The molecule has 1 heterocycles. The number of hydrogen-bond donors (Lipinski definition) is 1. The summed E-state index contributed by atoms with van der Waals surface area (Å²) in [4.78, 5) is 0. The van der Waals surface area contributed by atoms with E-state index in [9.17, 15) is 8.42 Å². The third-order valence-electron chi connectivity index (χ3n) is 3.75. The van der Waals surface area contributed by atoms with Gasteiger partial charge >= 0.3 is 0 Å². The van der Waals surface area contributed by atoms with Crippen LogP contribution in [0.4, 0.5) is 0 Å². The smallest absolute Gasteiger partial charge is 0.150 e. The Morgan fingerprint density at radius 1 is 1.33 bits per heavy atom. The topological polar surface area (TPSA) is 60.2 Å². The molecular weight excluding hydrogens is 270 g/mol. The molecule has 100 valence electrons. The fourth-order valence-corrected chi connectivity index (χ4v) is 4.62. The van der Waals surface area contributed by atoms with Gasteiger partial charge < -0.3 is 5.73 Å². The van der Waals surface area contributed by atoms with Gasteiger partial charge in [0.2, 0.25) is 0 Å². The Bertz CT molecular complexity index is 569. The number of aryl methyl sites for hydroxylation is 2. The molecule has 18 heavy (non-hydrogen) atoms. The first-order valence-corrected chi connectivity index (χ1v) is 8.23. The molecule has 0 amide bonds. The Kier molecular flexibility index (Phi) is 3.72. The molecule has 0 radical (unpaired) electrons. The largest absolute Gasteiger partial charge is 0.324 e. The zero-order chi connectivity index (χ0) is 13.5. The van der Waals surface area contributed by atoms with E-state index in [0.717, 1.165) is 16.7 Å². The molecule has 2 unspecified atom stereocenters. The Morgan fingerprint density at radius 2 is 1.94 bits per heavy atom. The summed E-state index contributed by atoms with van der Waals surface area (Å²) in [6.45, 7) is 4.00. The van der Waals surface area contributed by atoms with Crippen LogP contribution in [0.15, 0.2) is 12.1 Å². The zero-order valence-corrected chi connectivity index (χ0v) is 12.2. The third kappa shape index (κ3) is 2.71. The van der Waals surface area contributed by atoms with Gasteiger partial charge in [-0.1, -0.05) is 17.7 Å². The van der Waals surface area contributed by atoms with Crippen LogP contribution in [0.5, 0.6) is 0 Å². The molecule has 0 bridgehead atoms. The summed E-state index contributed by atoms with van der Waals surface area (Å²) >= 11 is 6.22. The zero-order valence-electron chi connectivity index (χ0n) is 10.6. The van der Waals surface area contributed by atoms with Gasteiger partial charge in [-0.2, -0.15) is 0 Å². The van der Waals surface area contributed by atoms with E-state index in [4.69, 9.17) is 17.3 Å². The molecular formula is C13H18ClNO2S. The SMILES string of the molecule is Cc1cc(Cl)c(C(N)C2CCS(=O)(=O)C2)cc1C. The van der Waals surface area contributed by atoms with Crippen LogP contribution in [0.1, 0.15) is 29.2 Å². The molecule has 0 saturated carbocycles. The quantitative estimate of drug-likeness (QED) is 0.908. The molecule has 0 spiro atoms. The molecule has 2 N–H and O–H groups in total. The predicted octanol–water partition coefficient (Wildman–Crippen LogP) is 2.39. The number of halogens is 1. The number of hydrogen-bond acceptors (Lipinski definition) is 3. The van der Waals surface area contributed by atoms with E-state index in [1.54, 1.807) is 0 Å². The van der Waals surface area contributed by atoms with E-state index in [1.165, 1.54) is 0 Å². The van der Waals surface area contributed by atoms with Crippen LogP contribution >= 0.6 is 11.6 Å². The average molecular weight is 288 g/mol. The summed E-state index contributed by atoms with van der Waals surface area (Å²) in [7, 11) is -2.90. The van der Waals surface area contributed by atoms with Crippen molar-refractivity contribution < 1.29 is 8.42 Å². The minimum Gasteiger partial charge on any atom is -0.324 e. The minimum atomic E-state index is -2.90. The second-order valence-electron chi connectivity index (χ2n) is 5.15. The highest BCUT2D eigenvalue weighted by atomic mass is 35.5. The highest BCUT2D eigenvalue weighted by Crippen LogP contribution is 2.34. The maximum Gasteiger partial charge on any atom is 0.150 e. The van der Waals surface area contributed by atoms with Crippen LogP contribution in [0, 0.1) is 19.8 Å². The van der Waals surface area contributed by atoms with Crippen molar-refractivity contribution in [3.8, 4) is 0 Å². The normalized spacial score (nSPS) is 24.1. The standard InChI is InChI=1S/C13H18ClNO2S/c1-8-5-11(12(14)6-9(8)2)13(15)10-3-4-18(16,17)7-10/h5-6,10,13H,3-4,7,15H2,1-2H3. The molecule has 2 atom stereocenters. The van der Waals surface area contributed by atoms with Crippen molar-refractivity contribution in [2.75, 3.05) is 11.5 Å². The maximum absolute atomic E-state index is 11.5. The number of rotatable bonds is 2. The van der Waals surface area contributed by atoms with Crippen molar-refractivity contribution in [3.05, 3.63) is 33.8 Å². The molecule has 1 saturated heterocycles. The van der Waals surface area contributed by atoms with Crippen LogP contribution in [0.2, 0.25) is 5.02 Å². The Morgan fingerprint density at radius 3 is 2.50 bits per heavy atom. The van der Waals surface area contributed by atoms with Gasteiger partial charge in [0.25, 0.3) is 0 Å².